The van der Waals surface area contributed by atoms with E-state index in [4.69, 9.17) is 4.74 Å². The molecular weight excluding hydrogens is 410 g/mol. The van der Waals surface area contributed by atoms with E-state index in [0.29, 0.717) is 31.4 Å². The van der Waals surface area contributed by atoms with E-state index in [2.05, 4.69) is 10.3 Å². The first kappa shape index (κ1) is 19.7. The van der Waals surface area contributed by atoms with Crippen LogP contribution in [0.25, 0.3) is 16.3 Å². The lowest BCUT2D eigenvalue weighted by atomic mass is 10.2. The predicted molar refractivity (Wildman–Crippen MR) is 113 cm³/mol. The van der Waals surface area contributed by atoms with Gasteiger partial charge in [-0.3, -0.25) is 10.1 Å². The SMILES string of the molecule is O=C(C=Cc1ccc(S(=O)(=O)N2CCOCC2)cc1)Nc1nc2ccccc2s1. The van der Waals surface area contributed by atoms with Gasteiger partial charge in [-0.25, -0.2) is 13.4 Å². The van der Waals surface area contributed by atoms with Gasteiger partial charge in [0.05, 0.1) is 28.3 Å². The highest BCUT2D eigenvalue weighted by Gasteiger charge is 2.25. The van der Waals surface area contributed by atoms with Crippen LogP contribution < -0.4 is 5.32 Å². The highest BCUT2D eigenvalue weighted by molar-refractivity contribution is 7.89. The fourth-order valence-corrected chi connectivity index (χ4v) is 5.21. The molecule has 0 unspecified atom stereocenters. The van der Waals surface area contributed by atoms with E-state index >= 15 is 0 Å². The molecule has 1 fully saturated rings. The number of amides is 1. The van der Waals surface area contributed by atoms with Crippen LogP contribution >= 0.6 is 11.3 Å². The number of nitrogens with one attached hydrogen (secondary N) is 1. The van der Waals surface area contributed by atoms with Crippen LogP contribution in [0.5, 0.6) is 0 Å². The van der Waals surface area contributed by atoms with E-state index in [1.165, 1.54) is 21.7 Å². The van der Waals surface area contributed by atoms with E-state index in [0.717, 1.165) is 15.8 Å². The van der Waals surface area contributed by atoms with Gasteiger partial charge >= 0.3 is 0 Å². The molecule has 1 saturated heterocycles. The summed E-state index contributed by atoms with van der Waals surface area (Å²) in [5, 5.41) is 3.28. The molecule has 4 rings (SSSR count). The molecule has 0 atom stereocenters. The number of thiazole rings is 1. The average molecular weight is 430 g/mol. The van der Waals surface area contributed by atoms with Gasteiger partial charge in [0.2, 0.25) is 15.9 Å². The summed E-state index contributed by atoms with van der Waals surface area (Å²) < 4.78 is 32.9. The van der Waals surface area contributed by atoms with Gasteiger partial charge in [0, 0.05) is 19.2 Å². The number of hydrogen-bond acceptors (Lipinski definition) is 6. The van der Waals surface area contributed by atoms with Crippen LogP contribution in [0.2, 0.25) is 0 Å². The Labute approximate surface area is 172 Å². The molecule has 1 aliphatic heterocycles. The molecule has 150 valence electrons. The normalized spacial score (nSPS) is 15.7. The number of carbonyl (C=O) groups is 1. The van der Waals surface area contributed by atoms with Crippen molar-refractivity contribution in [2.24, 2.45) is 0 Å². The summed E-state index contributed by atoms with van der Waals surface area (Å²) in [7, 11) is -3.52. The Morgan fingerprint density at radius 2 is 1.83 bits per heavy atom. The van der Waals surface area contributed by atoms with Gasteiger partial charge in [-0.15, -0.1) is 0 Å². The predicted octanol–water partition coefficient (Wildman–Crippen LogP) is 2.97. The smallest absolute Gasteiger partial charge is 0.250 e. The summed E-state index contributed by atoms with van der Waals surface area (Å²) in [6.45, 7) is 1.53. The van der Waals surface area contributed by atoms with Crippen molar-refractivity contribution in [2.75, 3.05) is 31.6 Å². The fourth-order valence-electron chi connectivity index (χ4n) is 2.93. The van der Waals surface area contributed by atoms with Crippen LogP contribution in [0.4, 0.5) is 5.13 Å². The largest absolute Gasteiger partial charge is 0.379 e. The van der Waals surface area contributed by atoms with E-state index in [1.807, 2.05) is 24.3 Å². The summed E-state index contributed by atoms with van der Waals surface area (Å²) in [6, 6.07) is 14.1. The Hall–Kier alpha value is -2.59. The van der Waals surface area contributed by atoms with Crippen molar-refractivity contribution in [3.05, 3.63) is 60.2 Å². The van der Waals surface area contributed by atoms with Gasteiger partial charge in [0.15, 0.2) is 5.13 Å². The Morgan fingerprint density at radius 3 is 2.55 bits per heavy atom. The lowest BCUT2D eigenvalue weighted by Gasteiger charge is -2.26. The zero-order chi connectivity index (χ0) is 20.3. The molecule has 0 radical (unpaired) electrons. The highest BCUT2D eigenvalue weighted by Crippen LogP contribution is 2.25. The Bertz CT molecular complexity index is 1110. The lowest BCUT2D eigenvalue weighted by Crippen LogP contribution is -2.40. The van der Waals surface area contributed by atoms with Crippen molar-refractivity contribution >= 4 is 48.7 Å². The molecule has 1 amide bonds. The maximum atomic E-state index is 12.6. The third-order valence-electron chi connectivity index (χ3n) is 4.44. The summed E-state index contributed by atoms with van der Waals surface area (Å²) in [4.78, 5) is 16.7. The van der Waals surface area contributed by atoms with Crippen molar-refractivity contribution in [3.8, 4) is 0 Å². The van der Waals surface area contributed by atoms with Crippen LogP contribution in [-0.4, -0.2) is 49.9 Å². The maximum absolute atomic E-state index is 12.6. The first-order valence-electron chi connectivity index (χ1n) is 9.05. The minimum absolute atomic E-state index is 0.232. The van der Waals surface area contributed by atoms with Crippen molar-refractivity contribution in [2.45, 2.75) is 4.90 Å². The first-order chi connectivity index (χ1) is 14.0. The number of ether oxygens (including phenoxy) is 1. The van der Waals surface area contributed by atoms with Crippen molar-refractivity contribution < 1.29 is 17.9 Å². The molecule has 0 spiro atoms. The van der Waals surface area contributed by atoms with Gasteiger partial charge < -0.3 is 4.74 Å². The number of carbonyl (C=O) groups excluding carboxylic acids is 1. The van der Waals surface area contributed by atoms with Crippen LogP contribution in [0, 0.1) is 0 Å². The summed E-state index contributed by atoms with van der Waals surface area (Å²) in [5.74, 6) is -0.297. The van der Waals surface area contributed by atoms with E-state index in [-0.39, 0.29) is 10.8 Å². The molecular formula is C20H19N3O4S2. The second-order valence-corrected chi connectivity index (χ2v) is 9.36. The molecule has 0 bridgehead atoms. The third-order valence-corrected chi connectivity index (χ3v) is 7.30. The molecule has 1 aliphatic rings. The number of nitrogens with zero attached hydrogens (tertiary/aromatic N) is 2. The summed E-state index contributed by atoms with van der Waals surface area (Å²) in [6.07, 6.45) is 3.03. The van der Waals surface area contributed by atoms with Gasteiger partial charge in [-0.05, 0) is 35.9 Å². The number of morpholine rings is 1. The number of para-hydroxylation sites is 1. The van der Waals surface area contributed by atoms with Crippen molar-refractivity contribution in [3.63, 3.8) is 0 Å². The second-order valence-electron chi connectivity index (χ2n) is 6.39. The second kappa shape index (κ2) is 8.42. The molecule has 0 saturated carbocycles. The van der Waals surface area contributed by atoms with Crippen LogP contribution in [0.15, 0.2) is 59.5 Å². The number of aromatic nitrogens is 1. The Kier molecular flexibility index (Phi) is 5.72. The zero-order valence-electron chi connectivity index (χ0n) is 15.4. The average Bonchev–Trinajstić information content (AvgIpc) is 3.15. The standard InChI is InChI=1S/C20H19N3O4S2/c24-19(22-20-21-17-3-1-2-4-18(17)28-20)10-7-15-5-8-16(9-6-15)29(25,26)23-11-13-27-14-12-23/h1-10H,11-14H2,(H,21,22,24). The number of fused-ring (bicyclic) bond motifs is 1. The minimum atomic E-state index is -3.52. The Morgan fingerprint density at radius 1 is 1.10 bits per heavy atom. The summed E-state index contributed by atoms with van der Waals surface area (Å²) in [5.41, 5.74) is 1.57. The fraction of sp³-hybridized carbons (Fsp3) is 0.200. The van der Waals surface area contributed by atoms with Crippen LogP contribution in [0.3, 0.4) is 0 Å². The zero-order valence-corrected chi connectivity index (χ0v) is 17.1. The maximum Gasteiger partial charge on any atom is 0.250 e. The van der Waals surface area contributed by atoms with Crippen LogP contribution in [0.1, 0.15) is 5.56 Å². The van der Waals surface area contributed by atoms with Gasteiger partial charge in [-0.2, -0.15) is 4.31 Å². The first-order valence-corrected chi connectivity index (χ1v) is 11.3. The molecule has 2 aromatic carbocycles. The highest BCUT2D eigenvalue weighted by atomic mass is 32.2. The number of anilines is 1. The van der Waals surface area contributed by atoms with Crippen LogP contribution in [-0.2, 0) is 19.6 Å². The minimum Gasteiger partial charge on any atom is -0.379 e. The molecule has 0 aliphatic carbocycles. The van der Waals surface area contributed by atoms with E-state index in [9.17, 15) is 13.2 Å². The molecule has 1 N–H and O–H groups in total. The number of sulfonamides is 1. The van der Waals surface area contributed by atoms with Gasteiger partial charge in [0.1, 0.15) is 0 Å². The third kappa shape index (κ3) is 4.54. The van der Waals surface area contributed by atoms with Crippen molar-refractivity contribution in [1.29, 1.82) is 0 Å². The number of hydrogen-bond donors (Lipinski definition) is 1. The summed E-state index contributed by atoms with van der Waals surface area (Å²) >= 11 is 1.41. The van der Waals surface area contributed by atoms with Gasteiger partial charge in [0.25, 0.3) is 0 Å². The molecule has 2 heterocycles. The number of rotatable bonds is 5. The lowest BCUT2D eigenvalue weighted by molar-refractivity contribution is -0.111. The molecule has 3 aromatic rings. The molecule has 29 heavy (non-hydrogen) atoms. The monoisotopic (exact) mass is 429 g/mol. The van der Waals surface area contributed by atoms with E-state index < -0.39 is 10.0 Å². The van der Waals surface area contributed by atoms with E-state index in [1.54, 1.807) is 30.3 Å². The molecule has 9 heteroatoms. The van der Waals surface area contributed by atoms with Crippen molar-refractivity contribution in [1.82, 2.24) is 9.29 Å². The quantitative estimate of drug-likeness (QED) is 0.630. The topological polar surface area (TPSA) is 88.6 Å². The number of benzene rings is 2. The molecule has 1 aromatic heterocycles. The molecule has 7 nitrogen and oxygen atoms in total. The Balaban J connectivity index is 1.41. The van der Waals surface area contributed by atoms with Gasteiger partial charge in [-0.1, -0.05) is 35.6 Å².